The number of hydrogen-bond acceptors (Lipinski definition) is 2. The molecular weight excluding hydrogens is 186 g/mol. The number of rotatable bonds is 1. The zero-order valence-electron chi connectivity index (χ0n) is 7.53. The third-order valence-corrected chi connectivity index (χ3v) is 2.29. The van der Waals surface area contributed by atoms with E-state index in [2.05, 4.69) is 23.9 Å². The van der Waals surface area contributed by atoms with Crippen molar-refractivity contribution in [1.29, 1.82) is 0 Å². The van der Waals surface area contributed by atoms with E-state index in [0.717, 1.165) is 5.65 Å². The Labute approximate surface area is 81.4 Å². The molecule has 0 N–H and O–H groups in total. The number of halogens is 1. The van der Waals surface area contributed by atoms with Crippen LogP contribution < -0.4 is 0 Å². The Hall–Kier alpha value is -1.09. The summed E-state index contributed by atoms with van der Waals surface area (Å²) in [6.45, 7) is 4.25. The van der Waals surface area contributed by atoms with Gasteiger partial charge in [-0.3, -0.25) is 0 Å². The Morgan fingerprint density at radius 3 is 2.85 bits per heavy atom. The van der Waals surface area contributed by atoms with E-state index in [1.165, 1.54) is 11.9 Å². The van der Waals surface area contributed by atoms with Crippen molar-refractivity contribution in [2.45, 2.75) is 19.8 Å². The fraction of sp³-hybridized carbons (Fsp3) is 0.333. The molecule has 2 heterocycles. The quantitative estimate of drug-likeness (QED) is 0.655. The van der Waals surface area contributed by atoms with Crippen molar-refractivity contribution in [2.24, 2.45) is 0 Å². The van der Waals surface area contributed by atoms with E-state index < -0.39 is 0 Å². The second-order valence-electron chi connectivity index (χ2n) is 3.30. The van der Waals surface area contributed by atoms with Crippen molar-refractivity contribution in [2.75, 3.05) is 0 Å². The fourth-order valence-electron chi connectivity index (χ4n) is 1.24. The van der Waals surface area contributed by atoms with E-state index in [1.807, 2.05) is 12.1 Å². The van der Waals surface area contributed by atoms with Gasteiger partial charge in [0.05, 0.1) is 0 Å². The third-order valence-electron chi connectivity index (χ3n) is 2.02. The van der Waals surface area contributed by atoms with E-state index in [4.69, 9.17) is 11.6 Å². The molecule has 3 nitrogen and oxygen atoms in total. The lowest BCUT2D eigenvalue weighted by atomic mass is 10.1. The molecule has 13 heavy (non-hydrogen) atoms. The second-order valence-corrected chi connectivity index (χ2v) is 3.68. The van der Waals surface area contributed by atoms with Crippen LogP contribution >= 0.6 is 11.6 Å². The molecule has 0 bridgehead atoms. The van der Waals surface area contributed by atoms with Crippen LogP contribution in [0.5, 0.6) is 0 Å². The molecule has 0 aliphatic heterocycles. The molecular formula is C9H10ClN3. The van der Waals surface area contributed by atoms with Crippen molar-refractivity contribution in [1.82, 2.24) is 14.6 Å². The summed E-state index contributed by atoms with van der Waals surface area (Å²) in [6, 6.07) is 3.93. The van der Waals surface area contributed by atoms with Gasteiger partial charge in [0.15, 0.2) is 5.65 Å². The summed E-state index contributed by atoms with van der Waals surface area (Å²) in [6.07, 6.45) is 1.51. The third kappa shape index (κ3) is 1.40. The number of nitrogens with zero attached hydrogens (tertiary/aromatic N) is 3. The van der Waals surface area contributed by atoms with E-state index in [9.17, 15) is 0 Å². The predicted molar refractivity (Wildman–Crippen MR) is 52.1 cm³/mol. The Morgan fingerprint density at radius 1 is 1.38 bits per heavy atom. The molecule has 0 aliphatic carbocycles. The molecule has 0 aromatic carbocycles. The van der Waals surface area contributed by atoms with Gasteiger partial charge < -0.3 is 0 Å². The van der Waals surface area contributed by atoms with Gasteiger partial charge >= 0.3 is 0 Å². The van der Waals surface area contributed by atoms with Gasteiger partial charge in [0, 0.05) is 0 Å². The summed E-state index contributed by atoms with van der Waals surface area (Å²) < 4.78 is 1.62. The molecule has 0 spiro atoms. The maximum atomic E-state index is 6.01. The molecule has 4 heteroatoms. The molecule has 2 rings (SSSR count). The molecule has 0 unspecified atom stereocenters. The lowest BCUT2D eigenvalue weighted by Crippen LogP contribution is -1.94. The Bertz CT molecular complexity index is 433. The summed E-state index contributed by atoms with van der Waals surface area (Å²) in [5.41, 5.74) is 1.99. The topological polar surface area (TPSA) is 30.2 Å². The Balaban J connectivity index is 2.70. The highest BCUT2D eigenvalue weighted by Crippen LogP contribution is 2.20. The highest BCUT2D eigenvalue weighted by molar-refractivity contribution is 6.29. The van der Waals surface area contributed by atoms with Crippen molar-refractivity contribution < 1.29 is 0 Å². The molecule has 0 aliphatic rings. The van der Waals surface area contributed by atoms with Crippen LogP contribution in [0, 0.1) is 0 Å². The van der Waals surface area contributed by atoms with Gasteiger partial charge in [-0.1, -0.05) is 25.4 Å². The average molecular weight is 196 g/mol. The van der Waals surface area contributed by atoms with Crippen molar-refractivity contribution in [3.8, 4) is 0 Å². The van der Waals surface area contributed by atoms with Crippen LogP contribution in [0.25, 0.3) is 5.65 Å². The minimum absolute atomic E-state index is 0.458. The van der Waals surface area contributed by atoms with E-state index in [-0.39, 0.29) is 0 Å². The first-order chi connectivity index (χ1) is 6.18. The maximum absolute atomic E-state index is 6.01. The monoisotopic (exact) mass is 195 g/mol. The molecule has 2 aromatic heterocycles. The standard InChI is InChI=1S/C9H10ClN3/c1-6(2)7-3-8(10)13-9(4-7)11-5-12-13/h3-6H,1-2H3. The molecule has 0 atom stereocenters. The van der Waals surface area contributed by atoms with Crippen LogP contribution in [0.1, 0.15) is 25.3 Å². The number of aromatic nitrogens is 3. The summed E-state index contributed by atoms with van der Waals surface area (Å²) in [4.78, 5) is 4.09. The highest BCUT2D eigenvalue weighted by atomic mass is 35.5. The summed E-state index contributed by atoms with van der Waals surface area (Å²) in [5, 5.41) is 4.60. The van der Waals surface area contributed by atoms with Crippen LogP contribution in [0.15, 0.2) is 18.5 Å². The number of pyridine rings is 1. The molecule has 2 aromatic rings. The molecule has 0 fully saturated rings. The van der Waals surface area contributed by atoms with Crippen LogP contribution in [0.4, 0.5) is 0 Å². The lowest BCUT2D eigenvalue weighted by Gasteiger charge is -2.05. The Kier molecular flexibility index (Phi) is 1.96. The minimum atomic E-state index is 0.458. The first-order valence-electron chi connectivity index (χ1n) is 4.17. The normalized spacial score (nSPS) is 11.4. The zero-order valence-corrected chi connectivity index (χ0v) is 8.28. The summed E-state index contributed by atoms with van der Waals surface area (Å²) >= 11 is 6.01. The van der Waals surface area contributed by atoms with Crippen LogP contribution in [0.3, 0.4) is 0 Å². The lowest BCUT2D eigenvalue weighted by molar-refractivity contribution is 0.855. The van der Waals surface area contributed by atoms with Gasteiger partial charge in [-0.15, -0.1) is 0 Å². The molecule has 68 valence electrons. The Morgan fingerprint density at radius 2 is 2.15 bits per heavy atom. The van der Waals surface area contributed by atoms with Crippen molar-refractivity contribution in [3.05, 3.63) is 29.2 Å². The molecule has 0 saturated carbocycles. The number of hydrogen-bond donors (Lipinski definition) is 0. The van der Waals surface area contributed by atoms with Crippen molar-refractivity contribution >= 4 is 17.2 Å². The molecule has 0 amide bonds. The van der Waals surface area contributed by atoms with Gasteiger partial charge in [0.1, 0.15) is 11.5 Å². The van der Waals surface area contributed by atoms with Gasteiger partial charge in [-0.05, 0) is 23.6 Å². The fourth-order valence-corrected chi connectivity index (χ4v) is 1.49. The van der Waals surface area contributed by atoms with Crippen molar-refractivity contribution in [3.63, 3.8) is 0 Å². The first-order valence-corrected chi connectivity index (χ1v) is 4.55. The van der Waals surface area contributed by atoms with Gasteiger partial charge in [0.25, 0.3) is 0 Å². The smallest absolute Gasteiger partial charge is 0.157 e. The van der Waals surface area contributed by atoms with Gasteiger partial charge in [-0.25, -0.2) is 9.50 Å². The summed E-state index contributed by atoms with van der Waals surface area (Å²) in [5.74, 6) is 0.458. The van der Waals surface area contributed by atoms with E-state index in [1.54, 1.807) is 4.52 Å². The highest BCUT2D eigenvalue weighted by Gasteiger charge is 2.05. The second kappa shape index (κ2) is 3.00. The molecule has 0 radical (unpaired) electrons. The SMILES string of the molecule is CC(C)c1cc(Cl)n2ncnc2c1. The largest absolute Gasteiger partial charge is 0.215 e. The van der Waals surface area contributed by atoms with Crippen LogP contribution in [0.2, 0.25) is 5.15 Å². The maximum Gasteiger partial charge on any atom is 0.157 e. The zero-order chi connectivity index (χ0) is 9.42. The minimum Gasteiger partial charge on any atom is -0.215 e. The molecule has 0 saturated heterocycles. The van der Waals surface area contributed by atoms with Crippen LogP contribution in [-0.4, -0.2) is 14.6 Å². The van der Waals surface area contributed by atoms with Crippen LogP contribution in [-0.2, 0) is 0 Å². The average Bonchev–Trinajstić information content (AvgIpc) is 2.51. The predicted octanol–water partition coefficient (Wildman–Crippen LogP) is 2.51. The first kappa shape index (κ1) is 8.51. The van der Waals surface area contributed by atoms with E-state index in [0.29, 0.717) is 11.1 Å². The van der Waals surface area contributed by atoms with Gasteiger partial charge in [0.2, 0.25) is 0 Å². The van der Waals surface area contributed by atoms with Gasteiger partial charge in [-0.2, -0.15) is 5.10 Å². The summed E-state index contributed by atoms with van der Waals surface area (Å²) in [7, 11) is 0. The number of fused-ring (bicyclic) bond motifs is 1. The van der Waals surface area contributed by atoms with E-state index >= 15 is 0 Å².